The van der Waals surface area contributed by atoms with Gasteiger partial charge < -0.3 is 9.64 Å². The van der Waals surface area contributed by atoms with E-state index in [1.807, 2.05) is 12.1 Å². The molecule has 3 aromatic rings. The van der Waals surface area contributed by atoms with Gasteiger partial charge in [-0.3, -0.25) is 19.7 Å². The monoisotopic (exact) mass is 479 g/mol. The first kappa shape index (κ1) is 23.4. The molecule has 0 bridgehead atoms. The Morgan fingerprint density at radius 3 is 2.65 bits per heavy atom. The van der Waals surface area contributed by atoms with Crippen LogP contribution < -0.4 is 5.32 Å². The summed E-state index contributed by atoms with van der Waals surface area (Å²) in [4.78, 5) is 55.0. The molecule has 1 saturated heterocycles. The number of pyridine rings is 1. The van der Waals surface area contributed by atoms with E-state index in [9.17, 15) is 19.2 Å². The van der Waals surface area contributed by atoms with Crippen LogP contribution in [0.15, 0.2) is 48.5 Å². The fourth-order valence-electron chi connectivity index (χ4n) is 3.97. The molecule has 4 rings (SSSR count). The van der Waals surface area contributed by atoms with Crippen molar-refractivity contribution in [1.29, 1.82) is 0 Å². The van der Waals surface area contributed by atoms with E-state index in [2.05, 4.69) is 5.32 Å². The lowest BCUT2D eigenvalue weighted by Gasteiger charge is -2.15. The molecule has 3 amide bonds. The molecule has 9 heteroatoms. The number of para-hydroxylation sites is 1. The Morgan fingerprint density at radius 2 is 1.91 bits per heavy atom. The summed E-state index contributed by atoms with van der Waals surface area (Å²) in [6.07, 6.45) is 1.09. The topological polar surface area (TPSA) is 106 Å². The van der Waals surface area contributed by atoms with Gasteiger partial charge in [0.05, 0.1) is 23.3 Å². The van der Waals surface area contributed by atoms with E-state index in [1.165, 1.54) is 4.90 Å². The molecule has 8 nitrogen and oxygen atoms in total. The number of ether oxygens (including phenoxy) is 1. The number of aromatic nitrogens is 1. The highest BCUT2D eigenvalue weighted by atomic mass is 35.5. The Kier molecular flexibility index (Phi) is 6.88. The van der Waals surface area contributed by atoms with Gasteiger partial charge in [0.15, 0.2) is 6.61 Å². The summed E-state index contributed by atoms with van der Waals surface area (Å²) in [5.41, 5.74) is 2.76. The van der Waals surface area contributed by atoms with Crippen LogP contribution in [0, 0.1) is 6.92 Å². The van der Waals surface area contributed by atoms with Crippen molar-refractivity contribution >= 4 is 46.2 Å². The summed E-state index contributed by atoms with van der Waals surface area (Å²) >= 11 is 6.14. The summed E-state index contributed by atoms with van der Waals surface area (Å²) < 4.78 is 5.25. The quantitative estimate of drug-likeness (QED) is 0.544. The zero-order valence-electron chi connectivity index (χ0n) is 18.5. The third kappa shape index (κ3) is 5.07. The van der Waals surface area contributed by atoms with Crippen LogP contribution in [0.25, 0.3) is 22.2 Å². The molecule has 2 aromatic carbocycles. The maximum atomic E-state index is 13.0. The smallest absolute Gasteiger partial charge is 0.339 e. The number of benzene rings is 2. The van der Waals surface area contributed by atoms with Gasteiger partial charge in [0.2, 0.25) is 11.8 Å². The first-order valence-electron chi connectivity index (χ1n) is 10.8. The summed E-state index contributed by atoms with van der Waals surface area (Å²) in [6.45, 7) is 1.40. The van der Waals surface area contributed by atoms with Crippen molar-refractivity contribution in [3.8, 4) is 11.3 Å². The van der Waals surface area contributed by atoms with Gasteiger partial charge in [0, 0.05) is 28.9 Å². The number of hydrogen-bond acceptors (Lipinski definition) is 6. The number of rotatable bonds is 6. The van der Waals surface area contributed by atoms with Crippen LogP contribution in [0.5, 0.6) is 0 Å². The minimum absolute atomic E-state index is 0.121. The van der Waals surface area contributed by atoms with Gasteiger partial charge in [-0.25, -0.2) is 9.78 Å². The molecule has 0 atom stereocenters. The first-order valence-corrected chi connectivity index (χ1v) is 11.1. The van der Waals surface area contributed by atoms with Gasteiger partial charge in [-0.2, -0.15) is 0 Å². The van der Waals surface area contributed by atoms with Crippen molar-refractivity contribution in [3.63, 3.8) is 0 Å². The van der Waals surface area contributed by atoms with Crippen molar-refractivity contribution < 1.29 is 23.9 Å². The van der Waals surface area contributed by atoms with Crippen LogP contribution in [0.3, 0.4) is 0 Å². The molecule has 0 saturated carbocycles. The predicted octanol–water partition coefficient (Wildman–Crippen LogP) is 3.29. The van der Waals surface area contributed by atoms with Crippen LogP contribution in [-0.4, -0.2) is 53.3 Å². The minimum Gasteiger partial charge on any atom is -0.452 e. The number of halogens is 1. The molecule has 1 aromatic heterocycles. The standard InChI is InChI=1S/C25H22ClN3O5/c1-15-23(25(33)34-14-21(31)28-20(30)13-29-11-5-10-22(29)32)18-8-2-3-9-19(18)27-24(15)16-6-4-7-17(26)12-16/h2-4,6-9,12H,5,10-11,13-14H2,1H3,(H,28,30,31). The predicted molar refractivity (Wildman–Crippen MR) is 126 cm³/mol. The molecule has 34 heavy (non-hydrogen) atoms. The van der Waals surface area contributed by atoms with E-state index < -0.39 is 24.4 Å². The van der Waals surface area contributed by atoms with E-state index in [0.29, 0.717) is 46.6 Å². The number of nitrogens with zero attached hydrogens (tertiary/aromatic N) is 2. The van der Waals surface area contributed by atoms with Gasteiger partial charge in [-0.15, -0.1) is 0 Å². The van der Waals surface area contributed by atoms with Crippen LogP contribution in [0.2, 0.25) is 5.02 Å². The minimum atomic E-state index is -0.768. The number of amides is 3. The molecule has 1 aliphatic heterocycles. The third-order valence-corrected chi connectivity index (χ3v) is 5.79. The molecule has 2 heterocycles. The van der Waals surface area contributed by atoms with E-state index in [1.54, 1.807) is 43.3 Å². The van der Waals surface area contributed by atoms with Crippen molar-refractivity contribution in [1.82, 2.24) is 15.2 Å². The highest BCUT2D eigenvalue weighted by molar-refractivity contribution is 6.30. The zero-order chi connectivity index (χ0) is 24.2. The van der Waals surface area contributed by atoms with Crippen LogP contribution >= 0.6 is 11.6 Å². The average Bonchev–Trinajstić information content (AvgIpc) is 3.21. The van der Waals surface area contributed by atoms with Gasteiger partial charge >= 0.3 is 5.97 Å². The molecule has 0 radical (unpaired) electrons. The first-order chi connectivity index (χ1) is 16.3. The second-order valence-corrected chi connectivity index (χ2v) is 8.39. The number of esters is 1. The van der Waals surface area contributed by atoms with E-state index in [0.717, 1.165) is 5.56 Å². The Bertz CT molecular complexity index is 1310. The lowest BCUT2D eigenvalue weighted by Crippen LogP contribution is -2.42. The fourth-order valence-corrected chi connectivity index (χ4v) is 4.16. The zero-order valence-corrected chi connectivity index (χ0v) is 19.2. The molecule has 1 N–H and O–H groups in total. The van der Waals surface area contributed by atoms with E-state index in [4.69, 9.17) is 21.3 Å². The second kappa shape index (κ2) is 10.0. The largest absolute Gasteiger partial charge is 0.452 e. The van der Waals surface area contributed by atoms with Gasteiger partial charge in [0.25, 0.3) is 5.91 Å². The normalized spacial score (nSPS) is 13.2. The number of imide groups is 1. The van der Waals surface area contributed by atoms with Crippen LogP contribution in [0.1, 0.15) is 28.8 Å². The summed E-state index contributed by atoms with van der Waals surface area (Å²) in [5.74, 6) is -2.22. The van der Waals surface area contributed by atoms with Crippen molar-refractivity contribution in [3.05, 3.63) is 64.7 Å². The Balaban J connectivity index is 1.51. The number of nitrogens with one attached hydrogen (secondary N) is 1. The molecule has 1 aliphatic rings. The number of carbonyl (C=O) groups excluding carboxylic acids is 4. The molecule has 0 aliphatic carbocycles. The molecule has 174 valence electrons. The lowest BCUT2D eigenvalue weighted by atomic mass is 9.98. The van der Waals surface area contributed by atoms with Gasteiger partial charge in [-0.05, 0) is 37.1 Å². The highest BCUT2D eigenvalue weighted by Gasteiger charge is 2.24. The molecule has 0 spiro atoms. The number of fused-ring (bicyclic) bond motifs is 1. The second-order valence-electron chi connectivity index (χ2n) is 7.95. The van der Waals surface area contributed by atoms with Crippen LogP contribution in [-0.2, 0) is 19.1 Å². The Hall–Kier alpha value is -3.78. The van der Waals surface area contributed by atoms with E-state index in [-0.39, 0.29) is 18.0 Å². The van der Waals surface area contributed by atoms with Crippen LogP contribution in [0.4, 0.5) is 0 Å². The fraction of sp³-hybridized carbons (Fsp3) is 0.240. The third-order valence-electron chi connectivity index (χ3n) is 5.56. The SMILES string of the molecule is Cc1c(-c2cccc(Cl)c2)nc2ccccc2c1C(=O)OCC(=O)NC(=O)CN1CCCC1=O. The Labute approximate surface area is 200 Å². The highest BCUT2D eigenvalue weighted by Crippen LogP contribution is 2.31. The van der Waals surface area contributed by atoms with Crippen molar-refractivity contribution in [2.45, 2.75) is 19.8 Å². The summed E-state index contributed by atoms with van der Waals surface area (Å²) in [6, 6.07) is 14.3. The van der Waals surface area contributed by atoms with Gasteiger partial charge in [0.1, 0.15) is 0 Å². The molecular weight excluding hydrogens is 458 g/mol. The average molecular weight is 480 g/mol. The van der Waals surface area contributed by atoms with E-state index >= 15 is 0 Å². The number of carbonyl (C=O) groups is 4. The lowest BCUT2D eigenvalue weighted by molar-refractivity contribution is -0.137. The van der Waals surface area contributed by atoms with Crippen molar-refractivity contribution in [2.24, 2.45) is 0 Å². The summed E-state index contributed by atoms with van der Waals surface area (Å²) in [5, 5.41) is 3.27. The maximum absolute atomic E-state index is 13.0. The number of hydrogen-bond donors (Lipinski definition) is 1. The molecule has 0 unspecified atom stereocenters. The maximum Gasteiger partial charge on any atom is 0.339 e. The van der Waals surface area contributed by atoms with Gasteiger partial charge in [-0.1, -0.05) is 41.9 Å². The Morgan fingerprint density at radius 1 is 1.12 bits per heavy atom. The number of likely N-dealkylation sites (tertiary alicyclic amines) is 1. The molecular formula is C25H22ClN3O5. The molecule has 1 fully saturated rings. The van der Waals surface area contributed by atoms with Crippen molar-refractivity contribution in [2.75, 3.05) is 19.7 Å². The summed E-state index contributed by atoms with van der Waals surface area (Å²) in [7, 11) is 0.